The van der Waals surface area contributed by atoms with Crippen molar-refractivity contribution in [3.05, 3.63) is 41.1 Å². The molecular formula is C14H14N2O2. The molecule has 1 aromatic heterocycles. The zero-order chi connectivity index (χ0) is 12.7. The molecule has 1 atom stereocenters. The van der Waals surface area contributed by atoms with Gasteiger partial charge in [-0.3, -0.25) is 5.10 Å². The van der Waals surface area contributed by atoms with Gasteiger partial charge >= 0.3 is 5.97 Å². The summed E-state index contributed by atoms with van der Waals surface area (Å²) in [6, 6.07) is 7.85. The predicted octanol–water partition coefficient (Wildman–Crippen LogP) is 2.82. The minimum absolute atomic E-state index is 0.124. The highest BCUT2D eigenvalue weighted by atomic mass is 16.4. The van der Waals surface area contributed by atoms with Crippen molar-refractivity contribution in [2.75, 3.05) is 0 Å². The van der Waals surface area contributed by atoms with Crippen LogP contribution < -0.4 is 0 Å². The Hall–Kier alpha value is -2.10. The van der Waals surface area contributed by atoms with Gasteiger partial charge in [-0.25, -0.2) is 4.79 Å². The van der Waals surface area contributed by atoms with Gasteiger partial charge in [-0.05, 0) is 42.0 Å². The van der Waals surface area contributed by atoms with E-state index in [0.717, 1.165) is 12.0 Å². The van der Waals surface area contributed by atoms with Gasteiger partial charge in [0, 0.05) is 5.56 Å². The molecule has 0 spiro atoms. The first kappa shape index (κ1) is 11.0. The number of aromatic nitrogens is 2. The normalized spacial score (nSPS) is 17.7. The molecule has 1 aromatic carbocycles. The van der Waals surface area contributed by atoms with Crippen LogP contribution in [0.5, 0.6) is 0 Å². The van der Waals surface area contributed by atoms with Gasteiger partial charge in [-0.1, -0.05) is 19.1 Å². The molecule has 3 rings (SSSR count). The molecule has 0 radical (unpaired) electrons. The lowest BCUT2D eigenvalue weighted by Crippen LogP contribution is -1.95. The smallest absolute Gasteiger partial charge is 0.353 e. The molecule has 2 aromatic rings. The third-order valence-corrected chi connectivity index (χ3v) is 3.63. The van der Waals surface area contributed by atoms with Crippen molar-refractivity contribution in [2.24, 2.45) is 0 Å². The lowest BCUT2D eigenvalue weighted by molar-refractivity contribution is 0.0690. The second-order valence-electron chi connectivity index (χ2n) is 4.83. The summed E-state index contributed by atoms with van der Waals surface area (Å²) >= 11 is 0. The minimum Gasteiger partial charge on any atom is -0.477 e. The highest BCUT2D eigenvalue weighted by molar-refractivity contribution is 5.86. The second-order valence-corrected chi connectivity index (χ2v) is 4.83. The molecule has 0 saturated carbocycles. The maximum atomic E-state index is 10.8. The number of nitrogens with zero attached hydrogens (tertiary/aromatic N) is 1. The number of aromatic carboxylic acids is 1. The number of carboxylic acid groups (broad SMARTS) is 1. The van der Waals surface area contributed by atoms with Crippen LogP contribution in [-0.2, 0) is 6.42 Å². The average molecular weight is 242 g/mol. The van der Waals surface area contributed by atoms with Gasteiger partial charge in [-0.2, -0.15) is 5.10 Å². The van der Waals surface area contributed by atoms with E-state index in [0.29, 0.717) is 11.6 Å². The van der Waals surface area contributed by atoms with Crippen molar-refractivity contribution in [3.63, 3.8) is 0 Å². The summed E-state index contributed by atoms with van der Waals surface area (Å²) in [5.41, 5.74) is 4.56. The Morgan fingerprint density at radius 3 is 3.00 bits per heavy atom. The Kier molecular flexibility index (Phi) is 2.44. The summed E-state index contributed by atoms with van der Waals surface area (Å²) in [5.74, 6) is -0.402. The largest absolute Gasteiger partial charge is 0.477 e. The molecule has 1 heterocycles. The molecule has 0 saturated heterocycles. The first-order valence-corrected chi connectivity index (χ1v) is 6.07. The van der Waals surface area contributed by atoms with Crippen molar-refractivity contribution < 1.29 is 9.90 Å². The van der Waals surface area contributed by atoms with E-state index >= 15 is 0 Å². The lowest BCUT2D eigenvalue weighted by Gasteiger charge is -2.06. The van der Waals surface area contributed by atoms with Gasteiger partial charge in [0.05, 0.1) is 5.69 Å². The maximum absolute atomic E-state index is 10.8. The number of carboxylic acids is 1. The third kappa shape index (κ3) is 1.70. The fourth-order valence-corrected chi connectivity index (χ4v) is 2.55. The molecule has 2 N–H and O–H groups in total. The molecule has 0 aliphatic heterocycles. The summed E-state index contributed by atoms with van der Waals surface area (Å²) < 4.78 is 0. The third-order valence-electron chi connectivity index (χ3n) is 3.63. The molecule has 92 valence electrons. The van der Waals surface area contributed by atoms with E-state index in [2.05, 4.69) is 29.3 Å². The second kappa shape index (κ2) is 3.98. The number of fused-ring (bicyclic) bond motifs is 1. The zero-order valence-corrected chi connectivity index (χ0v) is 10.1. The maximum Gasteiger partial charge on any atom is 0.353 e. The molecule has 1 aliphatic rings. The Morgan fingerprint density at radius 1 is 1.44 bits per heavy atom. The van der Waals surface area contributed by atoms with Gasteiger partial charge in [-0.15, -0.1) is 0 Å². The van der Waals surface area contributed by atoms with Gasteiger partial charge in [0.2, 0.25) is 0 Å². The number of aryl methyl sites for hydroxylation is 1. The zero-order valence-electron chi connectivity index (χ0n) is 10.1. The van der Waals surface area contributed by atoms with Gasteiger partial charge in [0.1, 0.15) is 5.69 Å². The van der Waals surface area contributed by atoms with Crippen LogP contribution in [0.4, 0.5) is 0 Å². The number of benzene rings is 1. The standard InChI is InChI=1S/C14H14N2O2/c1-8-2-3-9-4-5-10(6-11(8)9)12-7-13(14(17)18)16-15-12/h4-8H,2-3H2,1H3,(H,15,16)(H,17,18). The average Bonchev–Trinajstić information content (AvgIpc) is 2.96. The van der Waals surface area contributed by atoms with Gasteiger partial charge < -0.3 is 5.11 Å². The van der Waals surface area contributed by atoms with Crippen molar-refractivity contribution in [2.45, 2.75) is 25.7 Å². The van der Waals surface area contributed by atoms with Crippen molar-refractivity contribution in [1.29, 1.82) is 0 Å². The monoisotopic (exact) mass is 242 g/mol. The van der Waals surface area contributed by atoms with E-state index in [9.17, 15) is 4.79 Å². The summed E-state index contributed by atoms with van der Waals surface area (Å²) in [7, 11) is 0. The van der Waals surface area contributed by atoms with Crippen molar-refractivity contribution in [3.8, 4) is 11.3 Å². The summed E-state index contributed by atoms with van der Waals surface area (Å²) in [5, 5.41) is 15.5. The minimum atomic E-state index is -0.983. The van der Waals surface area contributed by atoms with Crippen LogP contribution in [0, 0.1) is 0 Å². The molecule has 0 fully saturated rings. The number of rotatable bonds is 2. The van der Waals surface area contributed by atoms with Gasteiger partial charge in [0.15, 0.2) is 0 Å². The van der Waals surface area contributed by atoms with Crippen molar-refractivity contribution >= 4 is 5.97 Å². The lowest BCUT2D eigenvalue weighted by atomic mass is 9.99. The first-order valence-electron chi connectivity index (χ1n) is 6.07. The number of carbonyl (C=O) groups is 1. The Bertz CT molecular complexity index is 616. The predicted molar refractivity (Wildman–Crippen MR) is 67.7 cm³/mol. The molecule has 4 heteroatoms. The van der Waals surface area contributed by atoms with E-state index in [1.165, 1.54) is 17.5 Å². The number of aromatic amines is 1. The number of H-pyrrole nitrogens is 1. The Labute approximate surface area is 105 Å². The van der Waals surface area contributed by atoms with Crippen LogP contribution in [0.3, 0.4) is 0 Å². The molecular weight excluding hydrogens is 228 g/mol. The summed E-state index contributed by atoms with van der Waals surface area (Å²) in [6.45, 7) is 2.23. The summed E-state index contributed by atoms with van der Waals surface area (Å²) in [4.78, 5) is 10.8. The molecule has 0 bridgehead atoms. The fourth-order valence-electron chi connectivity index (χ4n) is 2.55. The van der Waals surface area contributed by atoms with E-state index in [-0.39, 0.29) is 5.69 Å². The highest BCUT2D eigenvalue weighted by Crippen LogP contribution is 2.35. The van der Waals surface area contributed by atoms with E-state index < -0.39 is 5.97 Å². The van der Waals surface area contributed by atoms with Crippen LogP contribution in [-0.4, -0.2) is 21.3 Å². The Morgan fingerprint density at radius 2 is 2.28 bits per heavy atom. The number of nitrogens with one attached hydrogen (secondary N) is 1. The molecule has 1 aliphatic carbocycles. The molecule has 18 heavy (non-hydrogen) atoms. The van der Waals surface area contributed by atoms with Crippen LogP contribution in [0.15, 0.2) is 24.3 Å². The molecule has 0 amide bonds. The van der Waals surface area contributed by atoms with Crippen LogP contribution in [0.1, 0.15) is 40.9 Å². The first-order chi connectivity index (χ1) is 8.65. The Balaban J connectivity index is 2.01. The highest BCUT2D eigenvalue weighted by Gasteiger charge is 2.19. The van der Waals surface area contributed by atoms with E-state index in [1.807, 2.05) is 6.07 Å². The quantitative estimate of drug-likeness (QED) is 0.851. The molecule has 4 nitrogen and oxygen atoms in total. The number of hydrogen-bond donors (Lipinski definition) is 2. The SMILES string of the molecule is CC1CCc2ccc(-c3cc(C(=O)O)[nH]n3)cc21. The van der Waals surface area contributed by atoms with Crippen LogP contribution in [0.2, 0.25) is 0 Å². The van der Waals surface area contributed by atoms with Crippen LogP contribution in [0.25, 0.3) is 11.3 Å². The topological polar surface area (TPSA) is 66.0 Å². The van der Waals surface area contributed by atoms with E-state index in [4.69, 9.17) is 5.11 Å². The van der Waals surface area contributed by atoms with E-state index in [1.54, 1.807) is 6.07 Å². The van der Waals surface area contributed by atoms with Crippen LogP contribution >= 0.6 is 0 Å². The summed E-state index contributed by atoms with van der Waals surface area (Å²) in [6.07, 6.45) is 2.33. The fraction of sp³-hybridized carbons (Fsp3) is 0.286. The van der Waals surface area contributed by atoms with Gasteiger partial charge in [0.25, 0.3) is 0 Å². The van der Waals surface area contributed by atoms with Crippen molar-refractivity contribution in [1.82, 2.24) is 10.2 Å². The molecule has 1 unspecified atom stereocenters. The number of hydrogen-bond acceptors (Lipinski definition) is 2.